The first-order valence-corrected chi connectivity index (χ1v) is 8.28. The topological polar surface area (TPSA) is 45.7 Å². The zero-order chi connectivity index (χ0) is 18.3. The molecule has 0 heterocycles. The second-order valence-electron chi connectivity index (χ2n) is 6.52. The van der Waals surface area contributed by atoms with E-state index in [1.165, 1.54) is 6.07 Å². The second-order valence-corrected chi connectivity index (χ2v) is 6.52. The zero-order valence-electron chi connectivity index (χ0n) is 15.7. The number of rotatable bonds is 6. The van der Waals surface area contributed by atoms with Crippen molar-refractivity contribution in [2.24, 2.45) is 4.99 Å². The van der Waals surface area contributed by atoms with E-state index in [-0.39, 0.29) is 35.2 Å². The van der Waals surface area contributed by atoms with Crippen molar-refractivity contribution < 1.29 is 9.13 Å². The van der Waals surface area contributed by atoms with Crippen LogP contribution in [0.15, 0.2) is 53.5 Å². The molecule has 0 amide bonds. The van der Waals surface area contributed by atoms with Crippen LogP contribution in [0.4, 0.5) is 4.39 Å². The Bertz CT molecular complexity index is 717. The van der Waals surface area contributed by atoms with Crippen LogP contribution in [0.5, 0.6) is 5.75 Å². The average Bonchev–Trinajstić information content (AvgIpc) is 2.62. The fraction of sp³-hybridized carbons (Fsp3) is 0.350. The molecule has 2 aromatic rings. The Morgan fingerprint density at radius 2 is 1.81 bits per heavy atom. The van der Waals surface area contributed by atoms with Gasteiger partial charge in [-0.15, -0.1) is 24.0 Å². The van der Waals surface area contributed by atoms with Crippen molar-refractivity contribution in [3.05, 3.63) is 65.5 Å². The van der Waals surface area contributed by atoms with Crippen molar-refractivity contribution >= 4 is 29.9 Å². The van der Waals surface area contributed by atoms with E-state index in [4.69, 9.17) is 4.74 Å². The normalized spacial score (nSPS) is 11.5. The van der Waals surface area contributed by atoms with E-state index in [1.54, 1.807) is 26.3 Å². The Morgan fingerprint density at radius 3 is 2.38 bits per heavy atom. The first-order chi connectivity index (χ1) is 11.9. The number of benzene rings is 2. The van der Waals surface area contributed by atoms with Gasteiger partial charge in [-0.1, -0.05) is 38.1 Å². The van der Waals surface area contributed by atoms with Crippen LogP contribution >= 0.6 is 24.0 Å². The number of ether oxygens (including phenoxy) is 1. The zero-order valence-corrected chi connectivity index (χ0v) is 18.0. The molecule has 0 saturated carbocycles. The van der Waals surface area contributed by atoms with Gasteiger partial charge in [0.25, 0.3) is 0 Å². The van der Waals surface area contributed by atoms with E-state index in [9.17, 15) is 4.39 Å². The minimum absolute atomic E-state index is 0. The summed E-state index contributed by atoms with van der Waals surface area (Å²) in [5, 5.41) is 6.59. The van der Waals surface area contributed by atoms with Gasteiger partial charge in [-0.3, -0.25) is 4.99 Å². The van der Waals surface area contributed by atoms with Crippen LogP contribution in [-0.4, -0.2) is 26.7 Å². The number of halogens is 2. The molecule has 0 saturated heterocycles. The lowest BCUT2D eigenvalue weighted by molar-refractivity contribution is 0.414. The fourth-order valence-corrected chi connectivity index (χ4v) is 2.47. The molecule has 0 aromatic heterocycles. The van der Waals surface area contributed by atoms with E-state index in [2.05, 4.69) is 29.5 Å². The van der Waals surface area contributed by atoms with Gasteiger partial charge in [0, 0.05) is 25.6 Å². The summed E-state index contributed by atoms with van der Waals surface area (Å²) < 4.78 is 18.6. The van der Waals surface area contributed by atoms with Gasteiger partial charge in [0.2, 0.25) is 0 Å². The minimum Gasteiger partial charge on any atom is -0.497 e. The summed E-state index contributed by atoms with van der Waals surface area (Å²) in [5.41, 5.74) is 1.86. The molecule has 2 aromatic carbocycles. The van der Waals surface area contributed by atoms with Gasteiger partial charge < -0.3 is 15.4 Å². The van der Waals surface area contributed by atoms with Crippen molar-refractivity contribution in [2.75, 3.05) is 20.7 Å². The molecule has 0 aliphatic heterocycles. The van der Waals surface area contributed by atoms with Gasteiger partial charge in [0.1, 0.15) is 11.6 Å². The third-order valence-electron chi connectivity index (χ3n) is 4.15. The van der Waals surface area contributed by atoms with Gasteiger partial charge >= 0.3 is 0 Å². The summed E-state index contributed by atoms with van der Waals surface area (Å²) in [6, 6.07) is 14.6. The molecule has 2 rings (SSSR count). The molecule has 6 heteroatoms. The first kappa shape index (κ1) is 22.2. The van der Waals surface area contributed by atoms with Crippen LogP contribution in [0.2, 0.25) is 0 Å². The van der Waals surface area contributed by atoms with Crippen LogP contribution < -0.4 is 15.4 Å². The smallest absolute Gasteiger partial charge is 0.191 e. The third kappa shape index (κ3) is 6.48. The highest BCUT2D eigenvalue weighted by molar-refractivity contribution is 14.0. The number of hydrogen-bond acceptors (Lipinski definition) is 2. The number of methoxy groups -OCH3 is 1. The lowest BCUT2D eigenvalue weighted by atomic mass is 9.84. The van der Waals surface area contributed by atoms with E-state index in [0.29, 0.717) is 19.0 Å². The molecule has 0 fully saturated rings. The van der Waals surface area contributed by atoms with E-state index >= 15 is 0 Å². The van der Waals surface area contributed by atoms with Crippen molar-refractivity contribution in [3.8, 4) is 5.75 Å². The van der Waals surface area contributed by atoms with Crippen molar-refractivity contribution in [2.45, 2.75) is 25.8 Å². The SMILES string of the molecule is CN=C(NCc1ccc(OC)cc1)NCC(C)(C)c1cccc(F)c1.I. The van der Waals surface area contributed by atoms with Crippen LogP contribution in [0.3, 0.4) is 0 Å². The predicted molar refractivity (Wildman–Crippen MR) is 116 cm³/mol. The molecule has 0 unspecified atom stereocenters. The molecular weight excluding hydrogens is 444 g/mol. The molecular formula is C20H27FIN3O. The van der Waals surface area contributed by atoms with E-state index in [0.717, 1.165) is 16.9 Å². The maximum absolute atomic E-state index is 13.5. The molecule has 0 aliphatic carbocycles. The lowest BCUT2D eigenvalue weighted by Gasteiger charge is -2.27. The highest BCUT2D eigenvalue weighted by atomic mass is 127. The molecule has 0 spiro atoms. The summed E-state index contributed by atoms with van der Waals surface area (Å²) >= 11 is 0. The van der Waals surface area contributed by atoms with Gasteiger partial charge in [0.05, 0.1) is 7.11 Å². The maximum Gasteiger partial charge on any atom is 0.191 e. The second kappa shape index (κ2) is 10.4. The van der Waals surface area contributed by atoms with Crippen molar-refractivity contribution in [3.63, 3.8) is 0 Å². The summed E-state index contributed by atoms with van der Waals surface area (Å²) in [6.07, 6.45) is 0. The number of nitrogens with zero attached hydrogens (tertiary/aromatic N) is 1. The number of nitrogens with one attached hydrogen (secondary N) is 2. The average molecular weight is 471 g/mol. The molecule has 0 aliphatic rings. The summed E-state index contributed by atoms with van der Waals surface area (Å²) in [6.45, 7) is 5.44. The highest BCUT2D eigenvalue weighted by Gasteiger charge is 2.21. The molecule has 4 nitrogen and oxygen atoms in total. The molecule has 0 bridgehead atoms. The molecule has 2 N–H and O–H groups in total. The van der Waals surface area contributed by atoms with E-state index < -0.39 is 0 Å². The molecule has 0 radical (unpaired) electrons. The summed E-state index contributed by atoms with van der Waals surface area (Å²) in [5.74, 6) is 1.33. The lowest BCUT2D eigenvalue weighted by Crippen LogP contribution is -2.43. The molecule has 26 heavy (non-hydrogen) atoms. The van der Waals surface area contributed by atoms with E-state index in [1.807, 2.05) is 30.3 Å². The molecule has 0 atom stereocenters. The van der Waals surface area contributed by atoms with Gasteiger partial charge in [0.15, 0.2) is 5.96 Å². The van der Waals surface area contributed by atoms with Gasteiger partial charge in [-0.2, -0.15) is 0 Å². The minimum atomic E-state index is -0.222. The largest absolute Gasteiger partial charge is 0.497 e. The Kier molecular flexibility index (Phi) is 8.84. The number of aliphatic imine (C=N–C) groups is 1. The predicted octanol–water partition coefficient (Wildman–Crippen LogP) is 4.10. The summed E-state index contributed by atoms with van der Waals surface area (Å²) in [4.78, 5) is 4.25. The van der Waals surface area contributed by atoms with Crippen LogP contribution in [0.1, 0.15) is 25.0 Å². The standard InChI is InChI=1S/C20H26FN3O.HI/c1-20(2,16-6-5-7-17(21)12-16)14-24-19(22-3)23-13-15-8-10-18(25-4)11-9-15;/h5-12H,13-14H2,1-4H3,(H2,22,23,24);1H. The maximum atomic E-state index is 13.5. The Labute approximate surface area is 172 Å². The van der Waals surface area contributed by atoms with Crippen molar-refractivity contribution in [1.29, 1.82) is 0 Å². The Balaban J connectivity index is 0.00000338. The van der Waals surface area contributed by atoms with Crippen LogP contribution in [0, 0.1) is 5.82 Å². The van der Waals surface area contributed by atoms with Gasteiger partial charge in [-0.05, 0) is 35.4 Å². The third-order valence-corrected chi connectivity index (χ3v) is 4.15. The van der Waals surface area contributed by atoms with Crippen LogP contribution in [0.25, 0.3) is 0 Å². The summed E-state index contributed by atoms with van der Waals surface area (Å²) in [7, 11) is 3.39. The quantitative estimate of drug-likeness (QED) is 0.379. The Morgan fingerprint density at radius 1 is 1.12 bits per heavy atom. The van der Waals surface area contributed by atoms with Gasteiger partial charge in [-0.25, -0.2) is 4.39 Å². The molecule has 142 valence electrons. The number of hydrogen-bond donors (Lipinski definition) is 2. The monoisotopic (exact) mass is 471 g/mol. The van der Waals surface area contributed by atoms with Crippen molar-refractivity contribution in [1.82, 2.24) is 10.6 Å². The fourth-order valence-electron chi connectivity index (χ4n) is 2.47. The Hall–Kier alpha value is -1.83. The van der Waals surface area contributed by atoms with Crippen LogP contribution in [-0.2, 0) is 12.0 Å². The highest BCUT2D eigenvalue weighted by Crippen LogP contribution is 2.22. The first-order valence-electron chi connectivity index (χ1n) is 8.28. The number of guanidine groups is 1.